The summed E-state index contributed by atoms with van der Waals surface area (Å²) in [5, 5.41) is 5.80. The Morgan fingerprint density at radius 3 is 2.48 bits per heavy atom. The summed E-state index contributed by atoms with van der Waals surface area (Å²) in [6.45, 7) is 6.50. The number of amides is 2. The smallest absolute Gasteiger partial charge is 0.270 e. The Labute approximate surface area is 170 Å². The van der Waals surface area contributed by atoms with Crippen molar-refractivity contribution < 1.29 is 9.59 Å². The highest BCUT2D eigenvalue weighted by atomic mass is 16.2. The van der Waals surface area contributed by atoms with E-state index in [1.165, 1.54) is 12.3 Å². The van der Waals surface area contributed by atoms with Gasteiger partial charge in [-0.3, -0.25) is 19.6 Å². The van der Waals surface area contributed by atoms with Crippen molar-refractivity contribution >= 4 is 17.5 Å². The van der Waals surface area contributed by atoms with Crippen LogP contribution in [0, 0.1) is 6.92 Å². The summed E-state index contributed by atoms with van der Waals surface area (Å²) in [6, 6.07) is 12.7. The molecule has 29 heavy (non-hydrogen) atoms. The Morgan fingerprint density at radius 2 is 1.76 bits per heavy atom. The van der Waals surface area contributed by atoms with E-state index in [0.717, 1.165) is 22.4 Å². The van der Waals surface area contributed by atoms with Crippen molar-refractivity contribution in [1.82, 2.24) is 15.3 Å². The second-order valence-corrected chi connectivity index (χ2v) is 7.12. The Morgan fingerprint density at radius 1 is 1.00 bits per heavy atom. The summed E-state index contributed by atoms with van der Waals surface area (Å²) >= 11 is 0. The molecule has 148 valence electrons. The van der Waals surface area contributed by atoms with Crippen LogP contribution in [0.1, 0.15) is 57.3 Å². The zero-order chi connectivity index (χ0) is 20.8. The molecule has 0 radical (unpaired) electrons. The number of aryl methyl sites for hydroxylation is 1. The number of anilines is 1. The third-order valence-electron chi connectivity index (χ3n) is 4.62. The number of benzene rings is 1. The van der Waals surface area contributed by atoms with Crippen molar-refractivity contribution in [3.63, 3.8) is 0 Å². The number of hydrogen-bond donors (Lipinski definition) is 2. The van der Waals surface area contributed by atoms with Crippen molar-refractivity contribution in [2.75, 3.05) is 5.32 Å². The number of carbonyl (C=O) groups is 2. The average Bonchev–Trinajstić information content (AvgIpc) is 2.74. The molecular formula is C23H24N4O2. The molecule has 2 amide bonds. The van der Waals surface area contributed by atoms with E-state index in [2.05, 4.69) is 34.4 Å². The fraction of sp³-hybridized carbons (Fsp3) is 0.217. The number of pyridine rings is 2. The number of carbonyl (C=O) groups excluding carboxylic acids is 2. The Kier molecular flexibility index (Phi) is 6.34. The summed E-state index contributed by atoms with van der Waals surface area (Å²) in [7, 11) is 0. The van der Waals surface area contributed by atoms with Gasteiger partial charge in [0.05, 0.1) is 0 Å². The van der Waals surface area contributed by atoms with Crippen molar-refractivity contribution in [3.05, 3.63) is 89.0 Å². The maximum Gasteiger partial charge on any atom is 0.270 e. The van der Waals surface area contributed by atoms with E-state index in [9.17, 15) is 9.59 Å². The molecule has 2 N–H and O–H groups in total. The molecule has 0 aliphatic carbocycles. The molecule has 2 aromatic heterocycles. The summed E-state index contributed by atoms with van der Waals surface area (Å²) in [5.74, 6) is -0.334. The van der Waals surface area contributed by atoms with Crippen LogP contribution < -0.4 is 10.6 Å². The minimum atomic E-state index is -0.338. The molecule has 0 fully saturated rings. The van der Waals surface area contributed by atoms with Crippen LogP contribution in [-0.4, -0.2) is 21.8 Å². The number of nitrogens with one attached hydrogen (secondary N) is 2. The molecule has 6 nitrogen and oxygen atoms in total. The quantitative estimate of drug-likeness (QED) is 0.666. The van der Waals surface area contributed by atoms with E-state index in [0.29, 0.717) is 12.1 Å². The maximum absolute atomic E-state index is 12.8. The largest absolute Gasteiger partial charge is 0.347 e. The third kappa shape index (κ3) is 5.04. The Bertz CT molecular complexity index is 1020. The Balaban J connectivity index is 1.74. The van der Waals surface area contributed by atoms with E-state index >= 15 is 0 Å². The van der Waals surface area contributed by atoms with Crippen molar-refractivity contribution in [3.8, 4) is 0 Å². The molecule has 0 saturated heterocycles. The number of hydrogen-bond acceptors (Lipinski definition) is 4. The van der Waals surface area contributed by atoms with Gasteiger partial charge >= 0.3 is 0 Å². The summed E-state index contributed by atoms with van der Waals surface area (Å²) in [5.41, 5.74) is 4.39. The lowest BCUT2D eigenvalue weighted by Crippen LogP contribution is -2.24. The van der Waals surface area contributed by atoms with Gasteiger partial charge in [0.25, 0.3) is 11.8 Å². The van der Waals surface area contributed by atoms with Gasteiger partial charge in [-0.25, -0.2) is 0 Å². The van der Waals surface area contributed by atoms with E-state index in [-0.39, 0.29) is 23.4 Å². The molecule has 0 aliphatic rings. The number of aromatic nitrogens is 2. The van der Waals surface area contributed by atoms with E-state index in [4.69, 9.17) is 0 Å². The number of para-hydroxylation sites is 1. The predicted octanol–water partition coefficient (Wildman–Crippen LogP) is 4.09. The highest BCUT2D eigenvalue weighted by molar-refractivity contribution is 6.06. The fourth-order valence-corrected chi connectivity index (χ4v) is 3.00. The van der Waals surface area contributed by atoms with Gasteiger partial charge in [-0.2, -0.15) is 0 Å². The monoisotopic (exact) mass is 388 g/mol. The van der Waals surface area contributed by atoms with Crippen LogP contribution >= 0.6 is 0 Å². The molecular weight excluding hydrogens is 364 g/mol. The van der Waals surface area contributed by atoms with Gasteiger partial charge in [-0.1, -0.05) is 32.0 Å². The zero-order valence-electron chi connectivity index (χ0n) is 16.8. The summed E-state index contributed by atoms with van der Waals surface area (Å²) in [6.07, 6.45) is 4.81. The highest BCUT2D eigenvalue weighted by Crippen LogP contribution is 2.27. The van der Waals surface area contributed by atoms with Crippen LogP contribution in [0.4, 0.5) is 5.69 Å². The molecule has 0 unspecified atom stereocenters. The van der Waals surface area contributed by atoms with Crippen LogP contribution in [0.3, 0.4) is 0 Å². The Hall–Kier alpha value is -3.54. The van der Waals surface area contributed by atoms with Crippen LogP contribution in [0.2, 0.25) is 0 Å². The highest BCUT2D eigenvalue weighted by Gasteiger charge is 2.15. The number of rotatable bonds is 6. The molecule has 1 aromatic carbocycles. The van der Waals surface area contributed by atoms with Crippen LogP contribution in [0.5, 0.6) is 0 Å². The maximum atomic E-state index is 12.8. The van der Waals surface area contributed by atoms with Crippen LogP contribution in [0.15, 0.2) is 61.1 Å². The first kappa shape index (κ1) is 20.2. The fourth-order valence-electron chi connectivity index (χ4n) is 3.00. The SMILES string of the molecule is Cc1cccc(C(C)C)c1NC(=O)c1ccnc(C(=O)NCc2ccncc2)c1. The van der Waals surface area contributed by atoms with E-state index < -0.39 is 0 Å². The van der Waals surface area contributed by atoms with E-state index in [1.54, 1.807) is 18.5 Å². The topological polar surface area (TPSA) is 84.0 Å². The molecule has 3 rings (SSSR count). The van der Waals surface area contributed by atoms with Gasteiger partial charge in [0.2, 0.25) is 0 Å². The van der Waals surface area contributed by atoms with Crippen molar-refractivity contribution in [2.45, 2.75) is 33.2 Å². The minimum Gasteiger partial charge on any atom is -0.347 e. The first-order valence-electron chi connectivity index (χ1n) is 9.49. The molecule has 0 saturated carbocycles. The second-order valence-electron chi connectivity index (χ2n) is 7.12. The predicted molar refractivity (Wildman–Crippen MR) is 113 cm³/mol. The molecule has 0 aliphatic heterocycles. The molecule has 3 aromatic rings. The molecule has 0 atom stereocenters. The summed E-state index contributed by atoms with van der Waals surface area (Å²) < 4.78 is 0. The lowest BCUT2D eigenvalue weighted by Gasteiger charge is -2.16. The van der Waals surface area contributed by atoms with Gasteiger partial charge in [-0.15, -0.1) is 0 Å². The zero-order valence-corrected chi connectivity index (χ0v) is 16.8. The first-order valence-corrected chi connectivity index (χ1v) is 9.49. The van der Waals surface area contributed by atoms with Gasteiger partial charge in [0.15, 0.2) is 0 Å². The summed E-state index contributed by atoms with van der Waals surface area (Å²) in [4.78, 5) is 33.3. The van der Waals surface area contributed by atoms with Gasteiger partial charge in [0.1, 0.15) is 5.69 Å². The van der Waals surface area contributed by atoms with Gasteiger partial charge < -0.3 is 10.6 Å². The normalized spacial score (nSPS) is 10.6. The van der Waals surface area contributed by atoms with Gasteiger partial charge in [0, 0.05) is 36.4 Å². The minimum absolute atomic E-state index is 0.195. The average molecular weight is 388 g/mol. The molecule has 2 heterocycles. The second kappa shape index (κ2) is 9.10. The van der Waals surface area contributed by atoms with Crippen molar-refractivity contribution in [1.29, 1.82) is 0 Å². The van der Waals surface area contributed by atoms with Crippen LogP contribution in [-0.2, 0) is 6.54 Å². The standard InChI is InChI=1S/C23H24N4O2/c1-15(2)19-6-4-5-16(3)21(19)27-22(28)18-9-12-25-20(13-18)23(29)26-14-17-7-10-24-11-8-17/h4-13,15H,14H2,1-3H3,(H,26,29)(H,27,28). The lowest BCUT2D eigenvalue weighted by molar-refractivity contribution is 0.0946. The van der Waals surface area contributed by atoms with Crippen LogP contribution in [0.25, 0.3) is 0 Å². The molecule has 6 heteroatoms. The lowest BCUT2D eigenvalue weighted by atomic mass is 9.98. The number of nitrogens with zero attached hydrogens (tertiary/aromatic N) is 2. The first-order chi connectivity index (χ1) is 14.0. The third-order valence-corrected chi connectivity index (χ3v) is 4.62. The van der Waals surface area contributed by atoms with Crippen molar-refractivity contribution in [2.24, 2.45) is 0 Å². The molecule has 0 bridgehead atoms. The molecule has 0 spiro atoms. The van der Waals surface area contributed by atoms with Gasteiger partial charge in [-0.05, 0) is 53.8 Å². The van der Waals surface area contributed by atoms with E-state index in [1.807, 2.05) is 37.3 Å².